The van der Waals surface area contributed by atoms with Gasteiger partial charge in [0, 0.05) is 17.5 Å². The third-order valence-electron chi connectivity index (χ3n) is 3.06. The van der Waals surface area contributed by atoms with Crippen molar-refractivity contribution < 1.29 is 9.50 Å². The van der Waals surface area contributed by atoms with E-state index in [1.54, 1.807) is 24.3 Å². The molecule has 1 aromatic carbocycles. The van der Waals surface area contributed by atoms with Gasteiger partial charge in [0.1, 0.15) is 10.8 Å². The smallest absolute Gasteiger partial charge is 0.328 e. The quantitative estimate of drug-likeness (QED) is 0.777. The van der Waals surface area contributed by atoms with Crippen LogP contribution >= 0.6 is 11.3 Å². The van der Waals surface area contributed by atoms with Crippen molar-refractivity contribution in [2.45, 2.75) is 6.54 Å². The number of allylic oxidation sites excluding steroid dienone is 1. The van der Waals surface area contributed by atoms with Crippen LogP contribution in [-0.2, 0) is 6.54 Å². The van der Waals surface area contributed by atoms with Crippen LogP contribution < -0.4 is 5.69 Å². The van der Waals surface area contributed by atoms with Crippen LogP contribution in [0.1, 0.15) is 5.01 Å². The predicted octanol–water partition coefficient (Wildman–Crippen LogP) is 2.86. The number of nitrogens with zero attached hydrogens (tertiary/aromatic N) is 2. The van der Waals surface area contributed by atoms with Crippen LogP contribution in [0, 0.1) is 5.82 Å². The molecule has 3 rings (SSSR count). The van der Waals surface area contributed by atoms with Crippen molar-refractivity contribution in [2.75, 3.05) is 0 Å². The summed E-state index contributed by atoms with van der Waals surface area (Å²) >= 11 is 1.44. The molecular weight excluding hydrogens is 305 g/mol. The van der Waals surface area contributed by atoms with Crippen LogP contribution in [-0.4, -0.2) is 19.6 Å². The molecular formula is C15H12FN3O2S. The number of H-pyrrole nitrogens is 1. The lowest BCUT2D eigenvalue weighted by molar-refractivity contribution is 0.423. The van der Waals surface area contributed by atoms with E-state index < -0.39 is 0 Å². The Labute approximate surface area is 129 Å². The molecule has 0 aliphatic rings. The molecule has 0 unspecified atom stereocenters. The normalized spacial score (nSPS) is 11.3. The van der Waals surface area contributed by atoms with E-state index in [9.17, 15) is 14.3 Å². The maximum Gasteiger partial charge on any atom is 0.328 e. The Kier molecular flexibility index (Phi) is 3.88. The molecule has 22 heavy (non-hydrogen) atoms. The summed E-state index contributed by atoms with van der Waals surface area (Å²) in [6.07, 6.45) is 4.75. The zero-order chi connectivity index (χ0) is 15.5. The molecule has 0 amide bonds. The summed E-state index contributed by atoms with van der Waals surface area (Å²) in [5, 5.41) is 12.1. The van der Waals surface area contributed by atoms with Crippen molar-refractivity contribution in [1.29, 1.82) is 0 Å². The van der Waals surface area contributed by atoms with E-state index in [0.717, 1.165) is 16.3 Å². The van der Waals surface area contributed by atoms with Crippen LogP contribution in [0.2, 0.25) is 0 Å². The lowest BCUT2D eigenvalue weighted by atomic mass is 10.2. The van der Waals surface area contributed by atoms with E-state index in [2.05, 4.69) is 9.97 Å². The number of benzene rings is 1. The fraction of sp³-hybridized carbons (Fsp3) is 0.0667. The molecule has 3 aromatic rings. The minimum Gasteiger partial charge on any atom is -0.493 e. The van der Waals surface area contributed by atoms with Crippen LogP contribution in [0.5, 0.6) is 5.88 Å². The van der Waals surface area contributed by atoms with Gasteiger partial charge in [0.2, 0.25) is 5.88 Å². The molecule has 112 valence electrons. The largest absolute Gasteiger partial charge is 0.493 e. The maximum atomic E-state index is 12.9. The summed E-state index contributed by atoms with van der Waals surface area (Å²) < 4.78 is 14.1. The maximum absolute atomic E-state index is 12.9. The molecule has 0 atom stereocenters. The van der Waals surface area contributed by atoms with E-state index in [1.807, 2.05) is 5.38 Å². The van der Waals surface area contributed by atoms with Gasteiger partial charge in [-0.3, -0.25) is 4.57 Å². The Balaban J connectivity index is 1.73. The number of aromatic hydroxyl groups is 1. The van der Waals surface area contributed by atoms with E-state index in [4.69, 9.17) is 0 Å². The first-order chi connectivity index (χ1) is 10.6. The fourth-order valence-corrected chi connectivity index (χ4v) is 2.69. The van der Waals surface area contributed by atoms with Crippen LogP contribution in [0.25, 0.3) is 17.3 Å². The van der Waals surface area contributed by atoms with Gasteiger partial charge < -0.3 is 10.1 Å². The molecule has 0 spiro atoms. The third-order valence-corrected chi connectivity index (χ3v) is 3.87. The Morgan fingerprint density at radius 1 is 1.36 bits per heavy atom. The van der Waals surface area contributed by atoms with Gasteiger partial charge in [-0.1, -0.05) is 6.08 Å². The van der Waals surface area contributed by atoms with Gasteiger partial charge in [0.25, 0.3) is 0 Å². The lowest BCUT2D eigenvalue weighted by Gasteiger charge is -1.96. The molecule has 2 heterocycles. The summed E-state index contributed by atoms with van der Waals surface area (Å²) in [6, 6.07) is 6.14. The molecule has 2 aromatic heterocycles. The molecule has 0 saturated heterocycles. The summed E-state index contributed by atoms with van der Waals surface area (Å²) in [5.41, 5.74) is 1.25. The van der Waals surface area contributed by atoms with Crippen molar-refractivity contribution in [3.8, 4) is 17.1 Å². The molecule has 0 aliphatic heterocycles. The van der Waals surface area contributed by atoms with Gasteiger partial charge in [0.05, 0.1) is 11.9 Å². The number of aromatic nitrogens is 3. The average molecular weight is 317 g/mol. The second-order valence-electron chi connectivity index (χ2n) is 4.54. The SMILES string of the molecule is O=c1[nH]cc(O)n1CC=Cc1nc(-c2ccc(F)cc2)cs1. The van der Waals surface area contributed by atoms with E-state index in [-0.39, 0.29) is 23.9 Å². The first kappa shape index (κ1) is 14.3. The number of aromatic amines is 1. The second kappa shape index (κ2) is 5.98. The van der Waals surface area contributed by atoms with Crippen LogP contribution in [0.3, 0.4) is 0 Å². The standard InChI is InChI=1S/C15H12FN3O2S/c16-11-5-3-10(4-6-11)12-9-22-13(18-12)2-1-7-19-14(20)8-17-15(19)21/h1-6,8-9,20H,7H2,(H,17,21). The van der Waals surface area contributed by atoms with Gasteiger partial charge >= 0.3 is 5.69 Å². The molecule has 2 N–H and O–H groups in total. The Morgan fingerprint density at radius 2 is 2.14 bits per heavy atom. The number of thiazole rings is 1. The molecule has 0 aliphatic carbocycles. The zero-order valence-corrected chi connectivity index (χ0v) is 12.2. The highest BCUT2D eigenvalue weighted by molar-refractivity contribution is 7.10. The zero-order valence-electron chi connectivity index (χ0n) is 11.4. The van der Waals surface area contributed by atoms with Crippen molar-refractivity contribution in [1.82, 2.24) is 14.5 Å². The summed E-state index contributed by atoms with van der Waals surface area (Å²) in [4.78, 5) is 18.2. The molecule has 0 bridgehead atoms. The molecule has 0 saturated carbocycles. The molecule has 5 nitrogen and oxygen atoms in total. The van der Waals surface area contributed by atoms with E-state index in [1.165, 1.54) is 34.2 Å². The highest BCUT2D eigenvalue weighted by Gasteiger charge is 2.04. The molecule has 0 radical (unpaired) electrons. The van der Waals surface area contributed by atoms with Crippen molar-refractivity contribution in [2.24, 2.45) is 0 Å². The Hall–Kier alpha value is -2.67. The Morgan fingerprint density at radius 3 is 2.82 bits per heavy atom. The number of hydrogen-bond acceptors (Lipinski definition) is 4. The Bertz CT molecular complexity index is 862. The van der Waals surface area contributed by atoms with Gasteiger partial charge in [0.15, 0.2) is 0 Å². The summed E-state index contributed by atoms with van der Waals surface area (Å²) in [5.74, 6) is -0.392. The van der Waals surface area contributed by atoms with Crippen molar-refractivity contribution in [3.63, 3.8) is 0 Å². The number of nitrogens with one attached hydrogen (secondary N) is 1. The summed E-state index contributed by atoms with van der Waals surface area (Å²) in [7, 11) is 0. The topological polar surface area (TPSA) is 70.9 Å². The third kappa shape index (κ3) is 2.99. The average Bonchev–Trinajstić information content (AvgIpc) is 3.10. The molecule has 0 fully saturated rings. The number of hydrogen-bond donors (Lipinski definition) is 2. The second-order valence-corrected chi connectivity index (χ2v) is 5.43. The summed E-state index contributed by atoms with van der Waals surface area (Å²) in [6.45, 7) is 0.250. The minimum atomic E-state index is -0.367. The first-order valence-electron chi connectivity index (χ1n) is 6.48. The van der Waals surface area contributed by atoms with E-state index >= 15 is 0 Å². The van der Waals surface area contributed by atoms with Gasteiger partial charge in [-0.05, 0) is 30.3 Å². The monoisotopic (exact) mass is 317 g/mol. The highest BCUT2D eigenvalue weighted by Crippen LogP contribution is 2.22. The fourth-order valence-electron chi connectivity index (χ4n) is 1.94. The van der Waals surface area contributed by atoms with Crippen molar-refractivity contribution >= 4 is 17.4 Å². The van der Waals surface area contributed by atoms with Crippen LogP contribution in [0.15, 0.2) is 46.7 Å². The number of rotatable bonds is 4. The molecule has 7 heteroatoms. The predicted molar refractivity (Wildman–Crippen MR) is 83.3 cm³/mol. The van der Waals surface area contributed by atoms with Gasteiger partial charge in [-0.15, -0.1) is 11.3 Å². The van der Waals surface area contributed by atoms with Crippen LogP contribution in [0.4, 0.5) is 4.39 Å². The highest BCUT2D eigenvalue weighted by atomic mass is 32.1. The first-order valence-corrected chi connectivity index (χ1v) is 7.36. The van der Waals surface area contributed by atoms with E-state index in [0.29, 0.717) is 0 Å². The minimum absolute atomic E-state index is 0.110. The number of halogens is 1. The van der Waals surface area contributed by atoms with Gasteiger partial charge in [-0.25, -0.2) is 14.2 Å². The lowest BCUT2D eigenvalue weighted by Crippen LogP contribution is -2.15. The van der Waals surface area contributed by atoms with Crippen molar-refractivity contribution in [3.05, 3.63) is 63.2 Å². The number of imidazole rings is 1. The van der Waals surface area contributed by atoms with Gasteiger partial charge in [-0.2, -0.15) is 0 Å².